The number of likely N-dealkylation sites (tertiary alicyclic amines) is 1. The molecule has 0 bridgehead atoms. The van der Waals surface area contributed by atoms with Crippen LogP contribution in [0.15, 0.2) is 0 Å². The second-order valence-electron chi connectivity index (χ2n) is 4.60. The summed E-state index contributed by atoms with van der Waals surface area (Å²) in [5.41, 5.74) is 0. The monoisotopic (exact) mass is 228 g/mol. The Morgan fingerprint density at radius 3 is 2.50 bits per heavy atom. The van der Waals surface area contributed by atoms with Crippen LogP contribution in [0.1, 0.15) is 20.3 Å². The molecule has 0 spiro atoms. The zero-order valence-electron chi connectivity index (χ0n) is 10.4. The molecule has 1 unspecified atom stereocenters. The zero-order chi connectivity index (χ0) is 12.3. The van der Waals surface area contributed by atoms with E-state index in [1.165, 1.54) is 0 Å². The van der Waals surface area contributed by atoms with Gasteiger partial charge in [-0.2, -0.15) is 0 Å². The molecule has 1 saturated heterocycles. The molecule has 0 saturated carbocycles. The van der Waals surface area contributed by atoms with E-state index in [1.54, 1.807) is 23.9 Å². The van der Waals surface area contributed by atoms with Crippen molar-refractivity contribution in [2.75, 3.05) is 27.2 Å². The predicted molar refractivity (Wildman–Crippen MR) is 60.0 cm³/mol. The van der Waals surface area contributed by atoms with Crippen LogP contribution < -0.4 is 0 Å². The van der Waals surface area contributed by atoms with E-state index in [2.05, 4.69) is 0 Å². The minimum Gasteiger partial charge on any atom is -0.447 e. The van der Waals surface area contributed by atoms with Crippen molar-refractivity contribution in [3.8, 4) is 0 Å². The van der Waals surface area contributed by atoms with Crippen molar-refractivity contribution in [3.63, 3.8) is 0 Å². The first-order chi connectivity index (χ1) is 7.41. The fourth-order valence-corrected chi connectivity index (χ4v) is 1.77. The number of hydrogen-bond acceptors (Lipinski definition) is 3. The maximum atomic E-state index is 11.7. The summed E-state index contributed by atoms with van der Waals surface area (Å²) >= 11 is 0. The molecule has 1 aliphatic heterocycles. The molecule has 0 aliphatic carbocycles. The van der Waals surface area contributed by atoms with E-state index in [9.17, 15) is 9.59 Å². The van der Waals surface area contributed by atoms with Gasteiger partial charge < -0.3 is 14.5 Å². The molecule has 0 aromatic heterocycles. The van der Waals surface area contributed by atoms with E-state index in [-0.39, 0.29) is 24.0 Å². The van der Waals surface area contributed by atoms with Crippen LogP contribution in [-0.4, -0.2) is 55.1 Å². The molecular weight excluding hydrogens is 208 g/mol. The highest BCUT2D eigenvalue weighted by Gasteiger charge is 2.32. The van der Waals surface area contributed by atoms with E-state index in [1.807, 2.05) is 13.8 Å². The van der Waals surface area contributed by atoms with E-state index in [4.69, 9.17) is 4.74 Å². The molecule has 1 aliphatic rings. The van der Waals surface area contributed by atoms with Gasteiger partial charge in [-0.1, -0.05) is 0 Å². The maximum Gasteiger partial charge on any atom is 0.410 e. The van der Waals surface area contributed by atoms with Crippen LogP contribution in [0.5, 0.6) is 0 Å². The van der Waals surface area contributed by atoms with Crippen molar-refractivity contribution >= 4 is 12.0 Å². The highest BCUT2D eigenvalue weighted by Crippen LogP contribution is 2.18. The summed E-state index contributed by atoms with van der Waals surface area (Å²) in [6.45, 7) is 4.71. The van der Waals surface area contributed by atoms with Gasteiger partial charge in [0.25, 0.3) is 0 Å². The third-order valence-corrected chi connectivity index (χ3v) is 2.57. The summed E-state index contributed by atoms with van der Waals surface area (Å²) in [4.78, 5) is 26.4. The average Bonchev–Trinajstić information content (AvgIpc) is 2.63. The number of carbonyl (C=O) groups excluding carboxylic acids is 2. The van der Waals surface area contributed by atoms with E-state index >= 15 is 0 Å². The largest absolute Gasteiger partial charge is 0.447 e. The molecule has 0 aromatic rings. The molecule has 1 fully saturated rings. The van der Waals surface area contributed by atoms with Gasteiger partial charge >= 0.3 is 6.09 Å². The number of ether oxygens (including phenoxy) is 1. The van der Waals surface area contributed by atoms with Gasteiger partial charge in [-0.3, -0.25) is 4.79 Å². The van der Waals surface area contributed by atoms with Crippen molar-refractivity contribution in [3.05, 3.63) is 0 Å². The molecule has 0 radical (unpaired) electrons. The Hall–Kier alpha value is -1.26. The first kappa shape index (κ1) is 12.8. The third-order valence-electron chi connectivity index (χ3n) is 2.57. The molecule has 1 rings (SSSR count). The van der Waals surface area contributed by atoms with E-state index < -0.39 is 0 Å². The minimum atomic E-state index is -0.316. The zero-order valence-corrected chi connectivity index (χ0v) is 10.4. The Kier molecular flexibility index (Phi) is 4.15. The van der Waals surface area contributed by atoms with Gasteiger partial charge in [0.2, 0.25) is 5.91 Å². The van der Waals surface area contributed by atoms with Gasteiger partial charge in [-0.05, 0) is 20.3 Å². The second-order valence-corrected chi connectivity index (χ2v) is 4.60. The van der Waals surface area contributed by atoms with Crippen LogP contribution in [0.4, 0.5) is 4.79 Å². The van der Waals surface area contributed by atoms with Crippen LogP contribution in [0.25, 0.3) is 0 Å². The Morgan fingerprint density at radius 2 is 2.00 bits per heavy atom. The van der Waals surface area contributed by atoms with E-state index in [0.29, 0.717) is 13.1 Å². The van der Waals surface area contributed by atoms with Crippen LogP contribution in [0.2, 0.25) is 0 Å². The number of hydrogen-bond donors (Lipinski definition) is 0. The smallest absolute Gasteiger partial charge is 0.410 e. The summed E-state index contributed by atoms with van der Waals surface area (Å²) in [5, 5.41) is 0. The van der Waals surface area contributed by atoms with Gasteiger partial charge in [-0.25, -0.2) is 4.79 Å². The number of nitrogens with zero attached hydrogens (tertiary/aromatic N) is 2. The molecule has 92 valence electrons. The van der Waals surface area contributed by atoms with Crippen LogP contribution >= 0.6 is 0 Å². The molecule has 5 nitrogen and oxygen atoms in total. The van der Waals surface area contributed by atoms with Crippen molar-refractivity contribution in [1.29, 1.82) is 0 Å². The standard InChI is InChI=1S/C11H20N2O3/c1-8(2)16-11(15)13-6-5-9(7-13)10(14)12(3)4/h8-9H,5-7H2,1-4H3. The quantitative estimate of drug-likeness (QED) is 0.706. The first-order valence-electron chi connectivity index (χ1n) is 5.58. The second kappa shape index (κ2) is 5.18. The third kappa shape index (κ3) is 3.12. The lowest BCUT2D eigenvalue weighted by Crippen LogP contribution is -2.35. The predicted octanol–water partition coefficient (Wildman–Crippen LogP) is 0.942. The summed E-state index contributed by atoms with van der Waals surface area (Å²) in [6.07, 6.45) is 0.296. The number of rotatable bonds is 2. The van der Waals surface area contributed by atoms with Gasteiger partial charge in [-0.15, -0.1) is 0 Å². The fraction of sp³-hybridized carbons (Fsp3) is 0.818. The Labute approximate surface area is 96.3 Å². The van der Waals surface area contributed by atoms with Crippen LogP contribution in [0.3, 0.4) is 0 Å². The lowest BCUT2D eigenvalue weighted by atomic mass is 10.1. The van der Waals surface area contributed by atoms with Crippen LogP contribution in [0, 0.1) is 5.92 Å². The van der Waals surface area contributed by atoms with Crippen LogP contribution in [-0.2, 0) is 9.53 Å². The maximum absolute atomic E-state index is 11.7. The van der Waals surface area contributed by atoms with Gasteiger partial charge in [0.05, 0.1) is 12.0 Å². The van der Waals surface area contributed by atoms with Crippen molar-refractivity contribution in [1.82, 2.24) is 9.80 Å². The highest BCUT2D eigenvalue weighted by atomic mass is 16.6. The fourth-order valence-electron chi connectivity index (χ4n) is 1.77. The SMILES string of the molecule is CC(C)OC(=O)N1CCC(C(=O)N(C)C)C1. The van der Waals surface area contributed by atoms with Crippen molar-refractivity contribution in [2.24, 2.45) is 5.92 Å². The van der Waals surface area contributed by atoms with Crippen molar-refractivity contribution < 1.29 is 14.3 Å². The molecule has 2 amide bonds. The Balaban J connectivity index is 2.46. The molecule has 1 atom stereocenters. The van der Waals surface area contributed by atoms with Crippen molar-refractivity contribution in [2.45, 2.75) is 26.4 Å². The molecule has 16 heavy (non-hydrogen) atoms. The topological polar surface area (TPSA) is 49.9 Å². The molecule has 5 heteroatoms. The highest BCUT2D eigenvalue weighted by molar-refractivity contribution is 5.80. The normalized spacial score (nSPS) is 20.1. The lowest BCUT2D eigenvalue weighted by Gasteiger charge is -2.19. The number of amides is 2. The summed E-state index contributed by atoms with van der Waals surface area (Å²) in [6, 6.07) is 0. The Morgan fingerprint density at radius 1 is 1.38 bits per heavy atom. The first-order valence-corrected chi connectivity index (χ1v) is 5.58. The molecule has 1 heterocycles. The van der Waals surface area contributed by atoms with E-state index in [0.717, 1.165) is 6.42 Å². The minimum absolute atomic E-state index is 0.0743. The molecule has 0 aromatic carbocycles. The summed E-state index contributed by atoms with van der Waals surface area (Å²) in [5.74, 6) is 0.00885. The number of carbonyl (C=O) groups is 2. The van der Waals surface area contributed by atoms with Gasteiger partial charge in [0, 0.05) is 27.2 Å². The summed E-state index contributed by atoms with van der Waals surface area (Å²) < 4.78 is 5.08. The molecular formula is C11H20N2O3. The van der Waals surface area contributed by atoms with Gasteiger partial charge in [0.1, 0.15) is 0 Å². The van der Waals surface area contributed by atoms with Gasteiger partial charge in [0.15, 0.2) is 0 Å². The average molecular weight is 228 g/mol. The summed E-state index contributed by atoms with van der Waals surface area (Å²) in [7, 11) is 3.47. The molecule has 0 N–H and O–H groups in total. The Bertz CT molecular complexity index is 276. The lowest BCUT2D eigenvalue weighted by molar-refractivity contribution is -0.132.